The fourth-order valence-corrected chi connectivity index (χ4v) is 3.17. The minimum atomic E-state index is -0.185. The van der Waals surface area contributed by atoms with Gasteiger partial charge in [0.2, 0.25) is 6.29 Å². The Morgan fingerprint density at radius 2 is 1.46 bits per heavy atom. The monoisotopic (exact) mass is 334 g/mol. The van der Waals surface area contributed by atoms with Crippen LogP contribution < -0.4 is 4.74 Å². The van der Waals surface area contributed by atoms with Gasteiger partial charge < -0.3 is 9.47 Å². The summed E-state index contributed by atoms with van der Waals surface area (Å²) in [4.78, 5) is 0. The first-order chi connectivity index (χ1) is 11.1. The third kappa shape index (κ3) is 7.25. The first-order valence-electron chi connectivity index (χ1n) is 9.51. The van der Waals surface area contributed by atoms with Crippen molar-refractivity contribution in [3.8, 4) is 5.75 Å². The molecule has 1 aromatic rings. The summed E-state index contributed by atoms with van der Waals surface area (Å²) in [6.07, 6.45) is 2.12. The smallest absolute Gasteiger partial charge is 0.203 e. The number of ether oxygens (including phenoxy) is 2. The van der Waals surface area contributed by atoms with Crippen LogP contribution >= 0.6 is 0 Å². The standard InChI is InChI=1S/C22H38O2/c1-9-23-21(20(16(2)3)17(4)5)24-19-12-10-18(11-13-19)14-15-22(6,7)8/h10-13,16-17,20-21H,9,14-15H2,1-8H3. The predicted octanol–water partition coefficient (Wildman–Crippen LogP) is 6.33. The third-order valence-corrected chi connectivity index (χ3v) is 4.52. The van der Waals surface area contributed by atoms with Gasteiger partial charge in [-0.15, -0.1) is 0 Å². The van der Waals surface area contributed by atoms with E-state index in [0.29, 0.717) is 29.8 Å². The molecule has 0 spiro atoms. The van der Waals surface area contributed by atoms with E-state index < -0.39 is 0 Å². The second-order valence-corrected chi connectivity index (χ2v) is 8.71. The van der Waals surface area contributed by atoms with Crippen LogP contribution in [0.1, 0.15) is 67.4 Å². The Morgan fingerprint density at radius 3 is 1.88 bits per heavy atom. The molecule has 0 aliphatic rings. The van der Waals surface area contributed by atoms with E-state index in [4.69, 9.17) is 9.47 Å². The van der Waals surface area contributed by atoms with Crippen molar-refractivity contribution in [2.24, 2.45) is 23.2 Å². The first-order valence-corrected chi connectivity index (χ1v) is 9.51. The van der Waals surface area contributed by atoms with E-state index in [1.54, 1.807) is 0 Å². The Kier molecular flexibility index (Phi) is 8.29. The van der Waals surface area contributed by atoms with Crippen molar-refractivity contribution in [3.63, 3.8) is 0 Å². The average Bonchev–Trinajstić information content (AvgIpc) is 2.45. The van der Waals surface area contributed by atoms with Crippen molar-refractivity contribution in [1.82, 2.24) is 0 Å². The lowest BCUT2D eigenvalue weighted by Crippen LogP contribution is -2.36. The van der Waals surface area contributed by atoms with Gasteiger partial charge in [-0.25, -0.2) is 0 Å². The lowest BCUT2D eigenvalue weighted by atomic mass is 9.85. The normalized spacial score (nSPS) is 13.8. The highest BCUT2D eigenvalue weighted by Gasteiger charge is 2.29. The summed E-state index contributed by atoms with van der Waals surface area (Å²) in [5, 5.41) is 0. The van der Waals surface area contributed by atoms with Crippen molar-refractivity contribution in [2.45, 2.75) is 74.5 Å². The molecule has 1 atom stereocenters. The maximum atomic E-state index is 6.22. The average molecular weight is 335 g/mol. The van der Waals surface area contributed by atoms with Crippen LogP contribution in [0.5, 0.6) is 5.75 Å². The lowest BCUT2D eigenvalue weighted by molar-refractivity contribution is -0.133. The van der Waals surface area contributed by atoms with Crippen molar-refractivity contribution < 1.29 is 9.47 Å². The quantitative estimate of drug-likeness (QED) is 0.491. The van der Waals surface area contributed by atoms with Gasteiger partial charge in [-0.1, -0.05) is 60.6 Å². The summed E-state index contributed by atoms with van der Waals surface area (Å²) in [5.74, 6) is 2.32. The van der Waals surface area contributed by atoms with E-state index in [-0.39, 0.29) is 6.29 Å². The Bertz CT molecular complexity index is 446. The summed E-state index contributed by atoms with van der Waals surface area (Å²) < 4.78 is 12.1. The lowest BCUT2D eigenvalue weighted by Gasteiger charge is -2.33. The molecule has 1 rings (SSSR count). The fraction of sp³-hybridized carbons (Fsp3) is 0.727. The van der Waals surface area contributed by atoms with Crippen LogP contribution in [0, 0.1) is 23.2 Å². The number of rotatable bonds is 9. The van der Waals surface area contributed by atoms with Crippen molar-refractivity contribution >= 4 is 0 Å². The van der Waals surface area contributed by atoms with Crippen molar-refractivity contribution in [2.75, 3.05) is 6.61 Å². The van der Waals surface area contributed by atoms with Crippen LogP contribution in [0.25, 0.3) is 0 Å². The van der Waals surface area contributed by atoms with Gasteiger partial charge in [-0.2, -0.15) is 0 Å². The topological polar surface area (TPSA) is 18.5 Å². The minimum Gasteiger partial charge on any atom is -0.465 e. The summed E-state index contributed by atoms with van der Waals surface area (Å²) in [6, 6.07) is 8.54. The van der Waals surface area contributed by atoms with Crippen LogP contribution in [-0.2, 0) is 11.2 Å². The molecular formula is C22H38O2. The Balaban J connectivity index is 2.77. The molecule has 0 aromatic heterocycles. The molecule has 24 heavy (non-hydrogen) atoms. The van der Waals surface area contributed by atoms with Crippen LogP contribution in [0.3, 0.4) is 0 Å². The van der Waals surface area contributed by atoms with Gasteiger partial charge in [0.15, 0.2) is 0 Å². The molecule has 1 unspecified atom stereocenters. The predicted molar refractivity (Wildman–Crippen MR) is 103 cm³/mol. The molecule has 0 N–H and O–H groups in total. The minimum absolute atomic E-state index is 0.185. The zero-order valence-electron chi connectivity index (χ0n) is 17.1. The Hall–Kier alpha value is -1.02. The summed E-state index contributed by atoms with van der Waals surface area (Å²) >= 11 is 0. The molecule has 0 bridgehead atoms. The SMILES string of the molecule is CCOC(Oc1ccc(CCC(C)(C)C)cc1)C(C(C)C)C(C)C. The molecule has 0 aliphatic heterocycles. The van der Waals surface area contributed by atoms with Crippen molar-refractivity contribution in [1.29, 1.82) is 0 Å². The molecule has 0 saturated carbocycles. The molecule has 0 amide bonds. The molecule has 0 radical (unpaired) electrons. The van der Waals surface area contributed by atoms with E-state index in [0.717, 1.165) is 12.2 Å². The second kappa shape index (κ2) is 9.46. The Morgan fingerprint density at radius 1 is 0.917 bits per heavy atom. The maximum Gasteiger partial charge on any atom is 0.203 e. The maximum absolute atomic E-state index is 6.22. The highest BCUT2D eigenvalue weighted by molar-refractivity contribution is 5.27. The molecule has 2 nitrogen and oxygen atoms in total. The van der Waals surface area contributed by atoms with E-state index >= 15 is 0 Å². The van der Waals surface area contributed by atoms with E-state index in [2.05, 4.69) is 72.7 Å². The molecule has 0 saturated heterocycles. The molecule has 0 aliphatic carbocycles. The van der Waals surface area contributed by atoms with Gasteiger partial charge in [0.1, 0.15) is 5.75 Å². The highest BCUT2D eigenvalue weighted by atomic mass is 16.7. The van der Waals surface area contributed by atoms with Crippen molar-refractivity contribution in [3.05, 3.63) is 29.8 Å². The fourth-order valence-electron chi connectivity index (χ4n) is 3.17. The van der Waals surface area contributed by atoms with Crippen LogP contribution in [0.2, 0.25) is 0 Å². The van der Waals surface area contributed by atoms with Gasteiger partial charge in [0, 0.05) is 12.5 Å². The molecular weight excluding hydrogens is 296 g/mol. The number of benzene rings is 1. The van der Waals surface area contributed by atoms with Gasteiger partial charge in [0.05, 0.1) is 0 Å². The largest absolute Gasteiger partial charge is 0.465 e. The molecule has 0 heterocycles. The van der Waals surface area contributed by atoms with Gasteiger partial charge >= 0.3 is 0 Å². The third-order valence-electron chi connectivity index (χ3n) is 4.52. The molecule has 0 fully saturated rings. The zero-order chi connectivity index (χ0) is 18.3. The molecule has 2 heteroatoms. The van der Waals surface area contributed by atoms with E-state index in [1.165, 1.54) is 12.0 Å². The number of hydrogen-bond acceptors (Lipinski definition) is 2. The number of hydrogen-bond donors (Lipinski definition) is 0. The Labute approximate surface area is 149 Å². The summed E-state index contributed by atoms with van der Waals surface area (Å²) in [7, 11) is 0. The van der Waals surface area contributed by atoms with Gasteiger partial charge in [0.25, 0.3) is 0 Å². The van der Waals surface area contributed by atoms with Gasteiger partial charge in [-0.3, -0.25) is 0 Å². The van der Waals surface area contributed by atoms with E-state index in [9.17, 15) is 0 Å². The van der Waals surface area contributed by atoms with Gasteiger partial charge in [-0.05, 0) is 54.7 Å². The van der Waals surface area contributed by atoms with Crippen LogP contribution in [0.15, 0.2) is 24.3 Å². The second-order valence-electron chi connectivity index (χ2n) is 8.71. The van der Waals surface area contributed by atoms with E-state index in [1.807, 2.05) is 6.92 Å². The number of aryl methyl sites for hydroxylation is 1. The first kappa shape index (κ1) is 21.0. The summed E-state index contributed by atoms with van der Waals surface area (Å²) in [5.41, 5.74) is 1.74. The summed E-state index contributed by atoms with van der Waals surface area (Å²) in [6.45, 7) is 18.5. The molecule has 138 valence electrons. The zero-order valence-corrected chi connectivity index (χ0v) is 17.1. The van der Waals surface area contributed by atoms with Crippen LogP contribution in [-0.4, -0.2) is 12.9 Å². The molecule has 1 aromatic carbocycles. The highest BCUT2D eigenvalue weighted by Crippen LogP contribution is 2.29. The van der Waals surface area contributed by atoms with Crippen LogP contribution in [0.4, 0.5) is 0 Å².